The van der Waals surface area contributed by atoms with E-state index in [9.17, 15) is 4.79 Å². The van der Waals surface area contributed by atoms with Gasteiger partial charge in [0.25, 0.3) is 0 Å². The normalized spacial score (nSPS) is 19.4. The predicted octanol–water partition coefficient (Wildman–Crippen LogP) is 0.917. The van der Waals surface area contributed by atoms with Gasteiger partial charge in [0.05, 0.1) is 6.61 Å². The molecule has 0 aromatic rings. The number of nitrogens with one attached hydrogen (secondary N) is 2. The van der Waals surface area contributed by atoms with Crippen LogP contribution in [0.5, 0.6) is 0 Å². The fourth-order valence-corrected chi connectivity index (χ4v) is 1.79. The predicted molar refractivity (Wildman–Crippen MR) is 64.3 cm³/mol. The van der Waals surface area contributed by atoms with Crippen LogP contribution in [0, 0.1) is 5.92 Å². The Hall–Kier alpha value is -0.610. The molecular weight excluding hydrogens is 204 g/mol. The van der Waals surface area contributed by atoms with E-state index >= 15 is 0 Å². The van der Waals surface area contributed by atoms with Crippen LogP contribution in [0.3, 0.4) is 0 Å². The third-order valence-corrected chi connectivity index (χ3v) is 3.07. The zero-order valence-electron chi connectivity index (χ0n) is 10.4. The molecule has 1 saturated heterocycles. The first-order valence-corrected chi connectivity index (χ1v) is 6.30. The monoisotopic (exact) mass is 228 g/mol. The van der Waals surface area contributed by atoms with E-state index < -0.39 is 0 Å². The molecule has 1 atom stereocenters. The van der Waals surface area contributed by atoms with Crippen LogP contribution in [0.25, 0.3) is 0 Å². The standard InChI is InChI=1S/C12H24N2O2/c1-3-10(2)14-12(15)9-16-8-11-4-6-13-7-5-11/h10-11,13H,3-9H2,1-2H3,(H,14,15). The van der Waals surface area contributed by atoms with Crippen molar-refractivity contribution in [2.24, 2.45) is 5.92 Å². The SMILES string of the molecule is CCC(C)NC(=O)COCC1CCNCC1. The van der Waals surface area contributed by atoms with Gasteiger partial charge in [0.15, 0.2) is 0 Å². The van der Waals surface area contributed by atoms with Crippen molar-refractivity contribution in [2.45, 2.75) is 39.2 Å². The average molecular weight is 228 g/mol. The maximum absolute atomic E-state index is 11.4. The highest BCUT2D eigenvalue weighted by atomic mass is 16.5. The highest BCUT2D eigenvalue weighted by Crippen LogP contribution is 2.11. The van der Waals surface area contributed by atoms with Crippen molar-refractivity contribution >= 4 is 5.91 Å². The zero-order chi connectivity index (χ0) is 11.8. The van der Waals surface area contributed by atoms with E-state index in [1.807, 2.05) is 6.92 Å². The topological polar surface area (TPSA) is 50.4 Å². The number of carbonyl (C=O) groups is 1. The Morgan fingerprint density at radius 3 is 2.81 bits per heavy atom. The first-order chi connectivity index (χ1) is 7.72. The second-order valence-corrected chi connectivity index (χ2v) is 4.59. The molecule has 0 aromatic heterocycles. The highest BCUT2D eigenvalue weighted by molar-refractivity contribution is 5.77. The minimum Gasteiger partial charge on any atom is -0.371 e. The summed E-state index contributed by atoms with van der Waals surface area (Å²) < 4.78 is 5.44. The molecule has 1 aliphatic heterocycles. The number of piperidine rings is 1. The van der Waals surface area contributed by atoms with Crippen molar-refractivity contribution < 1.29 is 9.53 Å². The molecular formula is C12H24N2O2. The summed E-state index contributed by atoms with van der Waals surface area (Å²) in [4.78, 5) is 11.4. The molecule has 0 saturated carbocycles. The number of carbonyl (C=O) groups excluding carboxylic acids is 1. The van der Waals surface area contributed by atoms with Crippen molar-refractivity contribution in [3.63, 3.8) is 0 Å². The van der Waals surface area contributed by atoms with E-state index in [0.29, 0.717) is 5.92 Å². The summed E-state index contributed by atoms with van der Waals surface area (Å²) >= 11 is 0. The molecule has 94 valence electrons. The van der Waals surface area contributed by atoms with Crippen molar-refractivity contribution in [2.75, 3.05) is 26.3 Å². The van der Waals surface area contributed by atoms with Crippen LogP contribution in [0.15, 0.2) is 0 Å². The van der Waals surface area contributed by atoms with Crippen LogP contribution in [0.1, 0.15) is 33.1 Å². The maximum Gasteiger partial charge on any atom is 0.246 e. The molecule has 2 N–H and O–H groups in total. The quantitative estimate of drug-likeness (QED) is 0.710. The molecule has 1 unspecified atom stereocenters. The Bertz CT molecular complexity index is 203. The van der Waals surface area contributed by atoms with Gasteiger partial charge in [0.1, 0.15) is 6.61 Å². The number of rotatable bonds is 6. The summed E-state index contributed by atoms with van der Waals surface area (Å²) in [6.45, 7) is 7.13. The summed E-state index contributed by atoms with van der Waals surface area (Å²) in [5.74, 6) is 0.626. The lowest BCUT2D eigenvalue weighted by Gasteiger charge is -2.22. The highest BCUT2D eigenvalue weighted by Gasteiger charge is 2.13. The lowest BCUT2D eigenvalue weighted by Crippen LogP contribution is -2.36. The molecule has 1 aliphatic rings. The van der Waals surface area contributed by atoms with Gasteiger partial charge in [-0.2, -0.15) is 0 Å². The number of hydrogen-bond acceptors (Lipinski definition) is 3. The van der Waals surface area contributed by atoms with Crippen molar-refractivity contribution in [3.05, 3.63) is 0 Å². The lowest BCUT2D eigenvalue weighted by atomic mass is 9.99. The zero-order valence-corrected chi connectivity index (χ0v) is 10.4. The van der Waals surface area contributed by atoms with Gasteiger partial charge in [-0.3, -0.25) is 4.79 Å². The van der Waals surface area contributed by atoms with Crippen LogP contribution >= 0.6 is 0 Å². The summed E-state index contributed by atoms with van der Waals surface area (Å²) in [7, 11) is 0. The van der Waals surface area contributed by atoms with Crippen LogP contribution in [0.4, 0.5) is 0 Å². The van der Waals surface area contributed by atoms with Crippen LogP contribution in [-0.4, -0.2) is 38.3 Å². The summed E-state index contributed by atoms with van der Waals surface area (Å²) in [6, 6.07) is 0.245. The van der Waals surface area contributed by atoms with Gasteiger partial charge >= 0.3 is 0 Å². The summed E-state index contributed by atoms with van der Waals surface area (Å²) in [5.41, 5.74) is 0. The molecule has 4 heteroatoms. The van der Waals surface area contributed by atoms with E-state index in [4.69, 9.17) is 4.74 Å². The fraction of sp³-hybridized carbons (Fsp3) is 0.917. The van der Waals surface area contributed by atoms with Crippen LogP contribution in [-0.2, 0) is 9.53 Å². The van der Waals surface area contributed by atoms with Gasteiger partial charge in [0.2, 0.25) is 5.91 Å². The van der Waals surface area contributed by atoms with Crippen LogP contribution < -0.4 is 10.6 Å². The largest absolute Gasteiger partial charge is 0.371 e. The Labute approximate surface area is 98.1 Å². The second-order valence-electron chi connectivity index (χ2n) is 4.59. The minimum atomic E-state index is 0.00304. The van der Waals surface area contributed by atoms with Crippen LogP contribution in [0.2, 0.25) is 0 Å². The number of amides is 1. The van der Waals surface area contributed by atoms with E-state index in [1.165, 1.54) is 0 Å². The lowest BCUT2D eigenvalue weighted by molar-refractivity contribution is -0.126. The Kier molecular flexibility index (Phi) is 6.42. The van der Waals surface area contributed by atoms with E-state index in [0.717, 1.165) is 39.0 Å². The Morgan fingerprint density at radius 2 is 2.19 bits per heavy atom. The van der Waals surface area contributed by atoms with E-state index in [1.54, 1.807) is 0 Å². The molecule has 1 heterocycles. The Morgan fingerprint density at radius 1 is 1.50 bits per heavy atom. The third-order valence-electron chi connectivity index (χ3n) is 3.07. The molecule has 1 fully saturated rings. The number of ether oxygens (including phenoxy) is 1. The van der Waals surface area contributed by atoms with Gasteiger partial charge in [0, 0.05) is 6.04 Å². The molecule has 16 heavy (non-hydrogen) atoms. The molecule has 0 spiro atoms. The van der Waals surface area contributed by atoms with E-state index in [-0.39, 0.29) is 18.6 Å². The molecule has 0 bridgehead atoms. The smallest absolute Gasteiger partial charge is 0.246 e. The molecule has 0 aromatic carbocycles. The van der Waals surface area contributed by atoms with Crippen molar-refractivity contribution in [1.82, 2.24) is 10.6 Å². The van der Waals surface area contributed by atoms with Gasteiger partial charge < -0.3 is 15.4 Å². The van der Waals surface area contributed by atoms with Gasteiger partial charge in [-0.1, -0.05) is 6.92 Å². The maximum atomic E-state index is 11.4. The van der Waals surface area contributed by atoms with Crippen molar-refractivity contribution in [1.29, 1.82) is 0 Å². The Balaban J connectivity index is 2.03. The van der Waals surface area contributed by atoms with Gasteiger partial charge in [-0.15, -0.1) is 0 Å². The molecule has 0 radical (unpaired) electrons. The second kappa shape index (κ2) is 7.63. The number of hydrogen-bond donors (Lipinski definition) is 2. The summed E-state index contributed by atoms with van der Waals surface area (Å²) in [6.07, 6.45) is 3.28. The molecule has 1 rings (SSSR count). The third kappa shape index (κ3) is 5.47. The molecule has 4 nitrogen and oxygen atoms in total. The van der Waals surface area contributed by atoms with Crippen molar-refractivity contribution in [3.8, 4) is 0 Å². The van der Waals surface area contributed by atoms with E-state index in [2.05, 4.69) is 17.6 Å². The molecule has 0 aliphatic carbocycles. The molecule has 1 amide bonds. The first kappa shape index (κ1) is 13.5. The summed E-state index contributed by atoms with van der Waals surface area (Å²) in [5, 5.41) is 6.20. The minimum absolute atomic E-state index is 0.00304. The first-order valence-electron chi connectivity index (χ1n) is 6.30. The average Bonchev–Trinajstić information content (AvgIpc) is 2.30. The fourth-order valence-electron chi connectivity index (χ4n) is 1.79. The van der Waals surface area contributed by atoms with Gasteiger partial charge in [-0.25, -0.2) is 0 Å². The van der Waals surface area contributed by atoms with Gasteiger partial charge in [-0.05, 0) is 45.2 Å².